The third kappa shape index (κ3) is 2.05. The van der Waals surface area contributed by atoms with Crippen LogP contribution in [0.5, 0.6) is 0 Å². The van der Waals surface area contributed by atoms with Gasteiger partial charge in [0.05, 0.1) is 5.39 Å². The molecule has 0 saturated heterocycles. The van der Waals surface area contributed by atoms with Gasteiger partial charge in [-0.25, -0.2) is 4.39 Å². The molecule has 0 radical (unpaired) electrons. The molecule has 0 saturated carbocycles. The standard InChI is InChI=1S/C18H10FNO2/c19-13-5-6-17-14(8-13)16(21)9-18(22-17)15-7-11-3-1-2-4-12(11)10-20-15/h1-10H. The number of fused-ring (bicyclic) bond motifs is 2. The summed E-state index contributed by atoms with van der Waals surface area (Å²) in [6, 6.07) is 14.9. The van der Waals surface area contributed by atoms with Crippen LogP contribution in [0.1, 0.15) is 0 Å². The highest BCUT2D eigenvalue weighted by Crippen LogP contribution is 2.24. The molecular formula is C18H10FNO2. The smallest absolute Gasteiger partial charge is 0.193 e. The van der Waals surface area contributed by atoms with E-state index >= 15 is 0 Å². The highest BCUT2D eigenvalue weighted by molar-refractivity contribution is 5.85. The fourth-order valence-electron chi connectivity index (χ4n) is 2.47. The Balaban J connectivity index is 1.96. The number of hydrogen-bond donors (Lipinski definition) is 0. The predicted octanol–water partition coefficient (Wildman–Crippen LogP) is 4.15. The van der Waals surface area contributed by atoms with Gasteiger partial charge in [-0.15, -0.1) is 0 Å². The number of rotatable bonds is 1. The van der Waals surface area contributed by atoms with E-state index in [0.717, 1.165) is 10.8 Å². The van der Waals surface area contributed by atoms with E-state index in [1.165, 1.54) is 24.3 Å². The predicted molar refractivity (Wildman–Crippen MR) is 83.2 cm³/mol. The normalized spacial score (nSPS) is 11.1. The van der Waals surface area contributed by atoms with Crippen LogP contribution < -0.4 is 5.43 Å². The van der Waals surface area contributed by atoms with Crippen molar-refractivity contribution in [3.63, 3.8) is 0 Å². The van der Waals surface area contributed by atoms with Gasteiger partial charge in [-0.05, 0) is 29.7 Å². The molecule has 0 amide bonds. The van der Waals surface area contributed by atoms with E-state index in [0.29, 0.717) is 17.0 Å². The molecule has 2 aromatic heterocycles. The van der Waals surface area contributed by atoms with Crippen molar-refractivity contribution in [2.75, 3.05) is 0 Å². The third-order valence-electron chi connectivity index (χ3n) is 3.57. The van der Waals surface area contributed by atoms with Crippen molar-refractivity contribution in [1.29, 1.82) is 0 Å². The molecule has 2 aromatic carbocycles. The molecule has 0 unspecified atom stereocenters. The molecule has 0 N–H and O–H groups in total. The van der Waals surface area contributed by atoms with Crippen LogP contribution in [0, 0.1) is 5.82 Å². The lowest BCUT2D eigenvalue weighted by atomic mass is 10.1. The average Bonchev–Trinajstić information content (AvgIpc) is 2.55. The summed E-state index contributed by atoms with van der Waals surface area (Å²) in [5.74, 6) is -0.0914. The molecule has 0 atom stereocenters. The summed E-state index contributed by atoms with van der Waals surface area (Å²) >= 11 is 0. The molecule has 0 fully saturated rings. The van der Waals surface area contributed by atoms with E-state index in [-0.39, 0.29) is 10.8 Å². The van der Waals surface area contributed by atoms with Gasteiger partial charge in [0.1, 0.15) is 17.1 Å². The minimum absolute atomic E-state index is 0.226. The minimum atomic E-state index is -0.462. The van der Waals surface area contributed by atoms with Gasteiger partial charge in [-0.1, -0.05) is 24.3 Å². The molecule has 0 aliphatic carbocycles. The summed E-state index contributed by atoms with van der Waals surface area (Å²) in [5.41, 5.74) is 0.631. The topological polar surface area (TPSA) is 43.1 Å². The molecule has 22 heavy (non-hydrogen) atoms. The molecule has 0 aliphatic heterocycles. The van der Waals surface area contributed by atoms with E-state index in [4.69, 9.17) is 4.42 Å². The second kappa shape index (κ2) is 4.77. The van der Waals surface area contributed by atoms with Gasteiger partial charge in [0, 0.05) is 17.6 Å². The van der Waals surface area contributed by atoms with Gasteiger partial charge in [0.15, 0.2) is 11.2 Å². The Bertz CT molecular complexity index is 1070. The monoisotopic (exact) mass is 291 g/mol. The summed E-state index contributed by atoms with van der Waals surface area (Å²) in [6.07, 6.45) is 1.74. The van der Waals surface area contributed by atoms with Gasteiger partial charge in [0.25, 0.3) is 0 Å². The first-order chi connectivity index (χ1) is 10.7. The van der Waals surface area contributed by atoms with Crippen LogP contribution in [0.4, 0.5) is 4.39 Å². The Morgan fingerprint density at radius 2 is 1.77 bits per heavy atom. The second-order valence-corrected chi connectivity index (χ2v) is 5.03. The molecule has 0 spiro atoms. The van der Waals surface area contributed by atoms with Crippen molar-refractivity contribution in [3.05, 3.63) is 76.8 Å². The highest BCUT2D eigenvalue weighted by atomic mass is 19.1. The molecule has 3 nitrogen and oxygen atoms in total. The summed E-state index contributed by atoms with van der Waals surface area (Å²) in [5, 5.41) is 2.25. The summed E-state index contributed by atoms with van der Waals surface area (Å²) in [6.45, 7) is 0. The van der Waals surface area contributed by atoms with E-state index in [1.54, 1.807) is 6.20 Å². The van der Waals surface area contributed by atoms with Crippen LogP contribution in [-0.2, 0) is 0 Å². The maximum absolute atomic E-state index is 13.2. The number of nitrogens with zero attached hydrogens (tertiary/aromatic N) is 1. The zero-order valence-electron chi connectivity index (χ0n) is 11.4. The van der Waals surface area contributed by atoms with E-state index < -0.39 is 5.82 Å². The van der Waals surface area contributed by atoms with Crippen LogP contribution in [0.2, 0.25) is 0 Å². The quantitative estimate of drug-likeness (QED) is 0.529. The Hall–Kier alpha value is -3.01. The lowest BCUT2D eigenvalue weighted by Gasteiger charge is -2.04. The fraction of sp³-hybridized carbons (Fsp3) is 0. The first kappa shape index (κ1) is 12.7. The maximum atomic E-state index is 13.2. The van der Waals surface area contributed by atoms with Gasteiger partial charge < -0.3 is 4.42 Å². The summed E-state index contributed by atoms with van der Waals surface area (Å²) < 4.78 is 18.9. The van der Waals surface area contributed by atoms with Crippen molar-refractivity contribution in [1.82, 2.24) is 4.98 Å². The average molecular weight is 291 g/mol. The third-order valence-corrected chi connectivity index (χ3v) is 3.57. The SMILES string of the molecule is O=c1cc(-c2cc3ccccc3cn2)oc2ccc(F)cc12. The van der Waals surface area contributed by atoms with Gasteiger partial charge >= 0.3 is 0 Å². The summed E-state index contributed by atoms with van der Waals surface area (Å²) in [4.78, 5) is 16.5. The number of hydrogen-bond acceptors (Lipinski definition) is 3. The summed E-state index contributed by atoms with van der Waals surface area (Å²) in [7, 11) is 0. The largest absolute Gasteiger partial charge is 0.454 e. The van der Waals surface area contributed by atoms with E-state index in [2.05, 4.69) is 4.98 Å². The first-order valence-electron chi connectivity index (χ1n) is 6.79. The molecular weight excluding hydrogens is 281 g/mol. The van der Waals surface area contributed by atoms with Crippen LogP contribution >= 0.6 is 0 Å². The Morgan fingerprint density at radius 1 is 0.955 bits per heavy atom. The van der Waals surface area contributed by atoms with Crippen molar-refractivity contribution < 1.29 is 8.81 Å². The first-order valence-corrected chi connectivity index (χ1v) is 6.79. The molecule has 2 heterocycles. The minimum Gasteiger partial charge on any atom is -0.454 e. The van der Waals surface area contributed by atoms with Gasteiger partial charge in [-0.3, -0.25) is 9.78 Å². The van der Waals surface area contributed by atoms with Crippen LogP contribution in [0.3, 0.4) is 0 Å². The highest BCUT2D eigenvalue weighted by Gasteiger charge is 2.09. The van der Waals surface area contributed by atoms with Crippen molar-refractivity contribution in [2.45, 2.75) is 0 Å². The van der Waals surface area contributed by atoms with Crippen molar-refractivity contribution >= 4 is 21.7 Å². The van der Waals surface area contributed by atoms with Gasteiger partial charge in [0.2, 0.25) is 0 Å². The molecule has 0 bridgehead atoms. The molecule has 106 valence electrons. The van der Waals surface area contributed by atoms with Crippen molar-refractivity contribution in [2.24, 2.45) is 0 Å². The number of halogens is 1. The number of aromatic nitrogens is 1. The Labute approximate surface area is 124 Å². The molecule has 0 aliphatic rings. The van der Waals surface area contributed by atoms with E-state index in [9.17, 15) is 9.18 Å². The number of benzene rings is 2. The Kier molecular flexibility index (Phi) is 2.76. The van der Waals surface area contributed by atoms with E-state index in [1.807, 2.05) is 30.3 Å². The zero-order valence-corrected chi connectivity index (χ0v) is 11.4. The lowest BCUT2D eigenvalue weighted by molar-refractivity contribution is 0.607. The Morgan fingerprint density at radius 3 is 2.64 bits per heavy atom. The van der Waals surface area contributed by atoms with Crippen LogP contribution in [-0.4, -0.2) is 4.98 Å². The molecule has 4 rings (SSSR count). The maximum Gasteiger partial charge on any atom is 0.193 e. The molecule has 4 aromatic rings. The van der Waals surface area contributed by atoms with Gasteiger partial charge in [-0.2, -0.15) is 0 Å². The second-order valence-electron chi connectivity index (χ2n) is 5.03. The van der Waals surface area contributed by atoms with Crippen LogP contribution in [0.25, 0.3) is 33.2 Å². The zero-order chi connectivity index (χ0) is 15.1. The fourth-order valence-corrected chi connectivity index (χ4v) is 2.47. The van der Waals surface area contributed by atoms with Crippen molar-refractivity contribution in [3.8, 4) is 11.5 Å². The number of pyridine rings is 1. The molecule has 4 heteroatoms. The van der Waals surface area contributed by atoms with Crippen LogP contribution in [0.15, 0.2) is 70.0 Å². The lowest BCUT2D eigenvalue weighted by Crippen LogP contribution is -2.01.